The molecule has 1 aromatic heterocycles. The van der Waals surface area contributed by atoms with E-state index >= 15 is 0 Å². The van der Waals surface area contributed by atoms with Crippen LogP contribution in [0.25, 0.3) is 16.0 Å². The molecule has 2 bridgehead atoms. The number of fused-ring (bicyclic) bond motifs is 3. The molecular weight excluding hydrogens is 496 g/mol. The summed E-state index contributed by atoms with van der Waals surface area (Å²) in [4.78, 5) is 13.2. The Hall–Kier alpha value is -3.37. The monoisotopic (exact) mass is 538 g/mol. The second-order valence-corrected chi connectivity index (χ2v) is 12.3. The molecule has 0 amide bonds. The molecule has 3 aromatic rings. The highest BCUT2D eigenvalue weighted by Gasteiger charge is 2.44. The number of benzene rings is 2. The van der Waals surface area contributed by atoms with E-state index in [2.05, 4.69) is 85.9 Å². The van der Waals surface area contributed by atoms with Crippen molar-refractivity contribution in [2.45, 2.75) is 95.4 Å². The van der Waals surface area contributed by atoms with Crippen LogP contribution in [0.2, 0.25) is 0 Å². The number of nitrogens with zero attached hydrogens (tertiary/aromatic N) is 6. The molecule has 3 fully saturated rings. The van der Waals surface area contributed by atoms with Gasteiger partial charge in [0.2, 0.25) is 0 Å². The van der Waals surface area contributed by atoms with Gasteiger partial charge in [-0.2, -0.15) is 6.57 Å². The van der Waals surface area contributed by atoms with E-state index < -0.39 is 0 Å². The summed E-state index contributed by atoms with van der Waals surface area (Å²) in [6.07, 6.45) is 8.30. The van der Waals surface area contributed by atoms with Crippen molar-refractivity contribution in [3.05, 3.63) is 77.5 Å². The van der Waals surface area contributed by atoms with Crippen LogP contribution in [0.3, 0.4) is 0 Å². The van der Waals surface area contributed by atoms with Crippen LogP contribution in [0.1, 0.15) is 76.2 Å². The topological polar surface area (TPSA) is 50.2 Å². The summed E-state index contributed by atoms with van der Waals surface area (Å²) in [5.41, 5.74) is 3.99. The molecule has 7 heteroatoms. The molecule has 1 unspecified atom stereocenters. The first-order valence-electron chi connectivity index (χ1n) is 15.1. The summed E-state index contributed by atoms with van der Waals surface area (Å²) >= 11 is 0. The molecule has 4 heterocycles. The van der Waals surface area contributed by atoms with Gasteiger partial charge >= 0.3 is 6.02 Å². The Morgan fingerprint density at radius 3 is 2.38 bits per heavy atom. The lowest BCUT2D eigenvalue weighted by molar-refractivity contribution is 0.0848. The molecule has 7 nitrogen and oxygen atoms in total. The Labute approximate surface area is 238 Å². The molecular formula is C33H42N6O. The van der Waals surface area contributed by atoms with Crippen LogP contribution in [0.5, 0.6) is 0 Å². The summed E-state index contributed by atoms with van der Waals surface area (Å²) in [6.45, 7) is 16.3. The maximum absolute atomic E-state index is 7.26. The minimum atomic E-state index is 0.00353. The van der Waals surface area contributed by atoms with Crippen molar-refractivity contribution in [3.8, 4) is 0 Å². The number of likely N-dealkylation sites (tertiary alicyclic amines) is 1. The van der Waals surface area contributed by atoms with Gasteiger partial charge in [0.15, 0.2) is 0 Å². The Kier molecular flexibility index (Phi) is 7.55. The molecule has 3 atom stereocenters. The number of hydrogen-bond donors (Lipinski definition) is 0. The number of piperidine rings is 2. The van der Waals surface area contributed by atoms with Gasteiger partial charge in [0.25, 0.3) is 0 Å². The van der Waals surface area contributed by atoms with Crippen LogP contribution in [0.4, 0.5) is 0 Å². The smallest absolute Gasteiger partial charge is 0.371 e. The molecule has 210 valence electrons. The van der Waals surface area contributed by atoms with E-state index in [4.69, 9.17) is 16.3 Å². The van der Waals surface area contributed by atoms with Crippen molar-refractivity contribution in [2.24, 2.45) is 5.10 Å². The average molecular weight is 539 g/mol. The van der Waals surface area contributed by atoms with Gasteiger partial charge in [-0.05, 0) is 95.4 Å². The highest BCUT2D eigenvalue weighted by molar-refractivity contribution is 5.76. The van der Waals surface area contributed by atoms with Crippen LogP contribution >= 0.6 is 0 Å². The van der Waals surface area contributed by atoms with Crippen LogP contribution < -0.4 is 0 Å². The second kappa shape index (κ2) is 11.2. The summed E-state index contributed by atoms with van der Waals surface area (Å²) in [5.74, 6) is 1.15. The third-order valence-corrected chi connectivity index (χ3v) is 9.70. The van der Waals surface area contributed by atoms with Gasteiger partial charge in [-0.15, -0.1) is 4.95 Å². The number of rotatable bonds is 6. The molecule has 0 saturated carbocycles. The van der Waals surface area contributed by atoms with Crippen molar-refractivity contribution in [3.63, 3.8) is 0 Å². The summed E-state index contributed by atoms with van der Waals surface area (Å²) < 4.78 is 8.45. The van der Waals surface area contributed by atoms with Gasteiger partial charge in [-0.1, -0.05) is 42.5 Å². The molecule has 3 saturated heterocycles. The zero-order valence-electron chi connectivity index (χ0n) is 24.2. The van der Waals surface area contributed by atoms with Crippen LogP contribution in [0, 0.1) is 13.5 Å². The normalized spacial score (nSPS) is 24.9. The first kappa shape index (κ1) is 26.8. The lowest BCUT2D eigenvalue weighted by Crippen LogP contribution is -2.49. The lowest BCUT2D eigenvalue weighted by atomic mass is 9.70. The van der Waals surface area contributed by atoms with E-state index in [9.17, 15) is 0 Å². The molecule has 2 aromatic carbocycles. The largest absolute Gasteiger partial charge is 0.458 e. The first-order valence-corrected chi connectivity index (χ1v) is 15.1. The standard InChI is InChI=1S/C33H42N6O/c1-24(2)40-32(36-34-4)37-19-16-33(17-20-37,26-10-6-5-7-11-26)18-21-38-27-14-15-28(38)23-29(22-27)39-25(3)35-30-12-8-9-13-31(30)39/h5-13,24,27-29H,14-23H2,1-3H3/b36-32-/t27-,28+,29?. The average Bonchev–Trinajstić information content (AvgIpc) is 3.42. The van der Waals surface area contributed by atoms with E-state index in [1.54, 1.807) is 0 Å². The molecule has 0 radical (unpaired) electrons. The summed E-state index contributed by atoms with van der Waals surface area (Å²) in [6, 6.07) is 22.1. The van der Waals surface area contributed by atoms with E-state index in [0.717, 1.165) is 50.2 Å². The highest BCUT2D eigenvalue weighted by atomic mass is 16.5. The van der Waals surface area contributed by atoms with Gasteiger partial charge < -0.3 is 14.2 Å². The zero-order valence-corrected chi connectivity index (χ0v) is 24.2. The molecule has 6 rings (SSSR count). The number of ether oxygens (including phenoxy) is 1. The van der Waals surface area contributed by atoms with Crippen molar-refractivity contribution >= 4 is 17.1 Å². The number of amidine groups is 1. The Morgan fingerprint density at radius 1 is 1.02 bits per heavy atom. The number of hydrogen-bond acceptors (Lipinski definition) is 4. The highest BCUT2D eigenvalue weighted by Crippen LogP contribution is 2.45. The summed E-state index contributed by atoms with van der Waals surface area (Å²) in [5, 5.41) is 4.01. The second-order valence-electron chi connectivity index (χ2n) is 12.3. The Morgan fingerprint density at radius 2 is 1.70 bits per heavy atom. The van der Waals surface area contributed by atoms with Crippen molar-refractivity contribution in [2.75, 3.05) is 19.6 Å². The van der Waals surface area contributed by atoms with E-state index in [1.807, 2.05) is 13.8 Å². The summed E-state index contributed by atoms with van der Waals surface area (Å²) in [7, 11) is 0. The van der Waals surface area contributed by atoms with Gasteiger partial charge in [-0.3, -0.25) is 4.90 Å². The predicted octanol–water partition coefficient (Wildman–Crippen LogP) is 6.55. The van der Waals surface area contributed by atoms with Crippen LogP contribution in [0.15, 0.2) is 59.7 Å². The third kappa shape index (κ3) is 5.10. The van der Waals surface area contributed by atoms with E-state index in [0.29, 0.717) is 24.1 Å². The molecule has 0 aliphatic carbocycles. The maximum Gasteiger partial charge on any atom is 0.371 e. The van der Waals surface area contributed by atoms with Crippen molar-refractivity contribution < 1.29 is 4.74 Å². The van der Waals surface area contributed by atoms with Crippen LogP contribution in [-0.2, 0) is 10.2 Å². The Balaban J connectivity index is 1.17. The van der Waals surface area contributed by atoms with Crippen LogP contribution in [-0.4, -0.2) is 63.2 Å². The fourth-order valence-electron chi connectivity index (χ4n) is 7.81. The molecule has 0 N–H and O–H groups in total. The van der Waals surface area contributed by atoms with Crippen molar-refractivity contribution in [1.29, 1.82) is 0 Å². The van der Waals surface area contributed by atoms with E-state index in [-0.39, 0.29) is 11.5 Å². The molecule has 0 spiro atoms. The fraction of sp³-hybridized carbons (Fsp3) is 0.545. The minimum Gasteiger partial charge on any atom is -0.458 e. The fourth-order valence-corrected chi connectivity index (χ4v) is 7.81. The van der Waals surface area contributed by atoms with Gasteiger partial charge in [0, 0.05) is 31.2 Å². The van der Waals surface area contributed by atoms with Crippen molar-refractivity contribution in [1.82, 2.24) is 19.4 Å². The lowest BCUT2D eigenvalue weighted by Gasteiger charge is -2.45. The number of aromatic nitrogens is 2. The number of aryl methyl sites for hydroxylation is 1. The quantitative estimate of drug-likeness (QED) is 0.155. The molecule has 3 aliphatic rings. The van der Waals surface area contributed by atoms with Gasteiger partial charge in [0.1, 0.15) is 10.9 Å². The SMILES string of the molecule is [C-]#[N+]/N=C(\OC(C)C)N1CCC(CCN2[C@@H]3CC[C@H]2CC(n2c(C)nc4ccccc42)C3)(c2ccccc2)CC1. The zero-order chi connectivity index (χ0) is 27.7. The Bertz CT molecular complexity index is 1370. The maximum atomic E-state index is 7.26. The van der Waals surface area contributed by atoms with E-state index in [1.165, 1.54) is 36.8 Å². The number of imidazole rings is 1. The first-order chi connectivity index (χ1) is 19.5. The molecule has 3 aliphatic heterocycles. The van der Waals surface area contributed by atoms with Gasteiger partial charge in [-0.25, -0.2) is 4.98 Å². The molecule has 40 heavy (non-hydrogen) atoms. The van der Waals surface area contributed by atoms with Gasteiger partial charge in [0.05, 0.1) is 17.1 Å². The third-order valence-electron chi connectivity index (χ3n) is 9.70. The minimum absolute atomic E-state index is 0.00353. The predicted molar refractivity (Wildman–Crippen MR) is 160 cm³/mol. The number of para-hydroxylation sites is 2.